The summed E-state index contributed by atoms with van der Waals surface area (Å²) < 4.78 is 9.35. The maximum absolute atomic E-state index is 13.8. The molecule has 2 unspecified atom stereocenters. The molecule has 0 N–H and O–H groups in total. The molecule has 3 aliphatic rings. The molecule has 3 aliphatic heterocycles. The maximum atomic E-state index is 13.8. The first kappa shape index (κ1) is 31.4. The maximum Gasteiger partial charge on any atom is 0.258 e. The average molecular weight is 662 g/mol. The number of fused-ring (bicyclic) bond motifs is 1. The molecule has 13 nitrogen and oxygen atoms in total. The van der Waals surface area contributed by atoms with Crippen molar-refractivity contribution < 1.29 is 9.53 Å². The minimum atomic E-state index is 0.0314. The number of aromatic nitrogens is 8. The summed E-state index contributed by atoms with van der Waals surface area (Å²) in [5.74, 6) is 2.03. The number of rotatable bonds is 6. The van der Waals surface area contributed by atoms with E-state index >= 15 is 0 Å². The highest BCUT2D eigenvalue weighted by Crippen LogP contribution is 2.32. The lowest BCUT2D eigenvalue weighted by molar-refractivity contribution is 0.0614. The lowest BCUT2D eigenvalue weighted by atomic mass is 9.89. The van der Waals surface area contributed by atoms with E-state index < -0.39 is 0 Å². The summed E-state index contributed by atoms with van der Waals surface area (Å²) in [6.07, 6.45) is 8.89. The van der Waals surface area contributed by atoms with E-state index in [1.807, 2.05) is 35.6 Å². The van der Waals surface area contributed by atoms with E-state index in [2.05, 4.69) is 68.6 Å². The number of aryl methyl sites for hydroxylation is 2. The molecule has 6 heterocycles. The lowest BCUT2D eigenvalue weighted by Crippen LogP contribution is -2.44. The van der Waals surface area contributed by atoms with Crippen LogP contribution in [-0.2, 0) is 4.74 Å². The Balaban J connectivity index is 0.982. The minimum Gasteiger partial charge on any atom is -0.378 e. The van der Waals surface area contributed by atoms with Gasteiger partial charge >= 0.3 is 0 Å². The molecule has 13 heteroatoms. The first-order valence-electron chi connectivity index (χ1n) is 17.5. The number of hydrogen-bond donors (Lipinski definition) is 0. The van der Waals surface area contributed by atoms with Crippen LogP contribution in [0.1, 0.15) is 72.1 Å². The second-order valence-electron chi connectivity index (χ2n) is 13.6. The van der Waals surface area contributed by atoms with Gasteiger partial charge in [0.2, 0.25) is 11.9 Å². The second kappa shape index (κ2) is 13.2. The largest absolute Gasteiger partial charge is 0.378 e. The van der Waals surface area contributed by atoms with Crippen LogP contribution in [0.25, 0.3) is 22.7 Å². The molecule has 2 atom stereocenters. The van der Waals surface area contributed by atoms with Gasteiger partial charge in [-0.1, -0.05) is 17.3 Å². The molecule has 1 amide bonds. The third kappa shape index (κ3) is 6.23. The fraction of sp³-hybridized carbons (Fsp3) is 0.472. The summed E-state index contributed by atoms with van der Waals surface area (Å²) in [5.41, 5.74) is 6.82. The van der Waals surface area contributed by atoms with Gasteiger partial charge in [0.15, 0.2) is 0 Å². The van der Waals surface area contributed by atoms with Crippen LogP contribution in [0, 0.1) is 13.8 Å². The molecule has 0 saturated carbocycles. The lowest BCUT2D eigenvalue weighted by Gasteiger charge is -2.37. The van der Waals surface area contributed by atoms with Crippen LogP contribution < -0.4 is 9.80 Å². The van der Waals surface area contributed by atoms with Crippen LogP contribution >= 0.6 is 0 Å². The van der Waals surface area contributed by atoms with Crippen molar-refractivity contribution >= 4 is 28.8 Å². The number of hydrogen-bond acceptors (Lipinski definition) is 10. The van der Waals surface area contributed by atoms with Gasteiger partial charge in [-0.3, -0.25) is 9.36 Å². The number of ether oxygens (including phenoxy) is 1. The van der Waals surface area contributed by atoms with E-state index in [0.29, 0.717) is 43.2 Å². The molecule has 2 aromatic carbocycles. The van der Waals surface area contributed by atoms with Gasteiger partial charge in [0.1, 0.15) is 6.33 Å². The van der Waals surface area contributed by atoms with E-state index in [0.717, 1.165) is 74.3 Å². The summed E-state index contributed by atoms with van der Waals surface area (Å²) >= 11 is 0. The zero-order valence-electron chi connectivity index (χ0n) is 28.5. The Hall–Kier alpha value is -4.91. The molecule has 8 rings (SSSR count). The molecule has 3 fully saturated rings. The molecule has 49 heavy (non-hydrogen) atoms. The highest BCUT2D eigenvalue weighted by atomic mass is 16.5. The normalized spacial score (nSPS) is 20.3. The third-order valence-electron chi connectivity index (χ3n) is 10.2. The Bertz CT molecular complexity index is 1940. The van der Waals surface area contributed by atoms with Crippen LogP contribution in [0.3, 0.4) is 0 Å². The Morgan fingerprint density at radius 2 is 1.61 bits per heavy atom. The smallest absolute Gasteiger partial charge is 0.258 e. The highest BCUT2D eigenvalue weighted by Gasteiger charge is 2.32. The fourth-order valence-electron chi connectivity index (χ4n) is 7.37. The van der Waals surface area contributed by atoms with Gasteiger partial charge in [-0.2, -0.15) is 19.6 Å². The minimum absolute atomic E-state index is 0.0314. The molecular weight excluding hydrogens is 618 g/mol. The topological polar surface area (TPSA) is 123 Å². The third-order valence-corrected chi connectivity index (χ3v) is 10.2. The summed E-state index contributed by atoms with van der Waals surface area (Å²) in [7, 11) is 0. The standard InChI is InChI=1S/C36H43N11O2/c1-24-7-8-25(2)32(19-24)46-23-37-29-21-28(9-10-31(29)46)33(48)45-14-11-27(20-26(45)3)30-22-47(42-41-30)36-39-34(43-12-5-4-6-13-43)38-35(40-36)44-15-17-49-18-16-44/h7-10,19,21-23,26-27H,4-6,11-18,20H2,1-3H3. The van der Waals surface area contributed by atoms with E-state index in [9.17, 15) is 4.79 Å². The van der Waals surface area contributed by atoms with Crippen molar-refractivity contribution in [3.05, 3.63) is 71.3 Å². The number of morpholine rings is 1. The molecule has 0 bridgehead atoms. The number of benzene rings is 2. The summed E-state index contributed by atoms with van der Waals surface area (Å²) in [4.78, 5) is 39.4. The van der Waals surface area contributed by atoms with Crippen LogP contribution in [0.5, 0.6) is 0 Å². The van der Waals surface area contributed by atoms with Gasteiger partial charge in [0, 0.05) is 50.2 Å². The van der Waals surface area contributed by atoms with Crippen LogP contribution in [0.15, 0.2) is 48.9 Å². The Labute approximate surface area is 285 Å². The first-order chi connectivity index (χ1) is 23.9. The Kier molecular flexibility index (Phi) is 8.44. The summed E-state index contributed by atoms with van der Waals surface area (Å²) in [6.45, 7) is 11.6. The van der Waals surface area contributed by atoms with Crippen molar-refractivity contribution in [1.82, 2.24) is 44.4 Å². The van der Waals surface area contributed by atoms with Gasteiger partial charge in [-0.05, 0) is 88.3 Å². The quantitative estimate of drug-likeness (QED) is 0.254. The Morgan fingerprint density at radius 1 is 0.857 bits per heavy atom. The van der Waals surface area contributed by atoms with Crippen molar-refractivity contribution in [3.63, 3.8) is 0 Å². The zero-order chi connectivity index (χ0) is 33.5. The van der Waals surface area contributed by atoms with Gasteiger partial charge in [-0.25, -0.2) is 4.98 Å². The van der Waals surface area contributed by atoms with Crippen LogP contribution in [0.4, 0.5) is 11.9 Å². The monoisotopic (exact) mass is 661 g/mol. The van der Waals surface area contributed by atoms with Crippen molar-refractivity contribution in [1.29, 1.82) is 0 Å². The highest BCUT2D eigenvalue weighted by molar-refractivity contribution is 5.97. The van der Waals surface area contributed by atoms with E-state index in [1.54, 1.807) is 4.68 Å². The van der Waals surface area contributed by atoms with Crippen LogP contribution in [0.2, 0.25) is 0 Å². The molecule has 0 radical (unpaired) electrons. The molecule has 3 saturated heterocycles. The molecule has 254 valence electrons. The number of carbonyl (C=O) groups excluding carboxylic acids is 1. The van der Waals surface area contributed by atoms with Crippen molar-refractivity contribution in [2.75, 3.05) is 55.7 Å². The number of imidazole rings is 1. The van der Waals surface area contributed by atoms with E-state index in [1.165, 1.54) is 17.5 Å². The number of nitrogens with zero attached hydrogens (tertiary/aromatic N) is 11. The second-order valence-corrected chi connectivity index (χ2v) is 13.6. The number of likely N-dealkylation sites (tertiary alicyclic amines) is 1. The molecule has 0 aliphatic carbocycles. The predicted molar refractivity (Wildman–Crippen MR) is 187 cm³/mol. The van der Waals surface area contributed by atoms with Crippen molar-refractivity contribution in [3.8, 4) is 11.6 Å². The first-order valence-corrected chi connectivity index (χ1v) is 17.5. The van der Waals surface area contributed by atoms with E-state index in [-0.39, 0.29) is 17.9 Å². The average Bonchev–Trinajstić information content (AvgIpc) is 3.81. The van der Waals surface area contributed by atoms with Crippen molar-refractivity contribution in [2.45, 2.75) is 64.8 Å². The Morgan fingerprint density at radius 3 is 2.39 bits per heavy atom. The number of amides is 1. The van der Waals surface area contributed by atoms with Crippen LogP contribution in [-0.4, -0.2) is 102 Å². The predicted octanol–water partition coefficient (Wildman–Crippen LogP) is 4.64. The molecule has 3 aromatic heterocycles. The van der Waals surface area contributed by atoms with Crippen molar-refractivity contribution in [2.24, 2.45) is 0 Å². The SMILES string of the molecule is Cc1ccc(C)c(-n2cnc3cc(C(=O)N4CCC(c5cn(-c6nc(N7CCCCC7)nc(N7CCOCC7)n6)nn5)CC4C)ccc32)c1. The fourth-order valence-corrected chi connectivity index (χ4v) is 7.37. The van der Waals surface area contributed by atoms with Gasteiger partial charge in [0.25, 0.3) is 11.9 Å². The van der Waals surface area contributed by atoms with Gasteiger partial charge < -0.3 is 19.4 Å². The van der Waals surface area contributed by atoms with Gasteiger partial charge in [-0.15, -0.1) is 5.10 Å². The molecule has 0 spiro atoms. The summed E-state index contributed by atoms with van der Waals surface area (Å²) in [6, 6.07) is 12.3. The number of anilines is 2. The molecule has 5 aromatic rings. The number of carbonyl (C=O) groups is 1. The van der Waals surface area contributed by atoms with E-state index in [4.69, 9.17) is 19.7 Å². The number of piperidine rings is 2. The molecular formula is C36H43N11O2. The van der Waals surface area contributed by atoms with Gasteiger partial charge in [0.05, 0.1) is 41.8 Å². The zero-order valence-corrected chi connectivity index (χ0v) is 28.5. The summed E-state index contributed by atoms with van der Waals surface area (Å²) in [5, 5.41) is 9.07.